The van der Waals surface area contributed by atoms with Crippen molar-refractivity contribution in [2.24, 2.45) is 0 Å². The number of carboxylic acids is 1. The summed E-state index contributed by atoms with van der Waals surface area (Å²) >= 11 is 0. The highest BCUT2D eigenvalue weighted by molar-refractivity contribution is 7.89. The molecule has 6 nitrogen and oxygen atoms in total. The molecule has 2 N–H and O–H groups in total. The Bertz CT molecular complexity index is 692. The summed E-state index contributed by atoms with van der Waals surface area (Å²) in [5, 5.41) is 18.6. The van der Waals surface area contributed by atoms with Gasteiger partial charge < -0.3 is 10.2 Å². The minimum absolute atomic E-state index is 0.0607. The number of benzene rings is 1. The number of rotatable bonds is 6. The van der Waals surface area contributed by atoms with Crippen LogP contribution in [0.2, 0.25) is 0 Å². The Morgan fingerprint density at radius 3 is 2.57 bits per heavy atom. The first-order valence-electron chi connectivity index (χ1n) is 6.48. The molecule has 1 aliphatic carbocycles. The van der Waals surface area contributed by atoms with E-state index in [4.69, 9.17) is 5.11 Å². The Labute approximate surface area is 123 Å². The van der Waals surface area contributed by atoms with Crippen LogP contribution in [0.25, 0.3) is 0 Å². The Hall–Kier alpha value is -1.86. The number of aromatic carboxylic acids is 1. The molecule has 0 amide bonds. The van der Waals surface area contributed by atoms with Gasteiger partial charge in [-0.2, -0.15) is 4.31 Å². The van der Waals surface area contributed by atoms with Crippen LogP contribution >= 0.6 is 0 Å². The van der Waals surface area contributed by atoms with Crippen molar-refractivity contribution in [1.29, 1.82) is 0 Å². The number of sulfonamides is 1. The van der Waals surface area contributed by atoms with Gasteiger partial charge in [0.05, 0.1) is 4.90 Å². The van der Waals surface area contributed by atoms with Crippen LogP contribution in [-0.4, -0.2) is 41.5 Å². The van der Waals surface area contributed by atoms with Gasteiger partial charge >= 0.3 is 5.97 Å². The van der Waals surface area contributed by atoms with Gasteiger partial charge in [-0.3, -0.25) is 0 Å². The zero-order valence-electron chi connectivity index (χ0n) is 11.6. The maximum absolute atomic E-state index is 12.7. The van der Waals surface area contributed by atoms with Crippen molar-refractivity contribution in [1.82, 2.24) is 4.31 Å². The molecule has 0 atom stereocenters. The lowest BCUT2D eigenvalue weighted by Gasteiger charge is -2.21. The SMILES string of the molecule is C=CCN(C1CC1)S(=O)(=O)c1cc(C(=O)O)c(O)cc1C. The Kier molecular flexibility index (Phi) is 4.06. The van der Waals surface area contributed by atoms with Crippen molar-refractivity contribution < 1.29 is 23.4 Å². The molecule has 1 aliphatic rings. The van der Waals surface area contributed by atoms with Crippen molar-refractivity contribution >= 4 is 16.0 Å². The second kappa shape index (κ2) is 5.50. The number of nitrogens with zero attached hydrogens (tertiary/aromatic N) is 1. The smallest absolute Gasteiger partial charge is 0.339 e. The van der Waals surface area contributed by atoms with Crippen LogP contribution in [-0.2, 0) is 10.0 Å². The molecule has 0 unspecified atom stereocenters. The van der Waals surface area contributed by atoms with Crippen LogP contribution in [0.4, 0.5) is 0 Å². The molecular formula is C14H17NO5S. The van der Waals surface area contributed by atoms with Gasteiger partial charge in [0.25, 0.3) is 0 Å². The van der Waals surface area contributed by atoms with E-state index in [1.165, 1.54) is 17.3 Å². The molecule has 114 valence electrons. The van der Waals surface area contributed by atoms with Gasteiger partial charge in [0.15, 0.2) is 0 Å². The molecule has 1 aromatic rings. The van der Waals surface area contributed by atoms with Gasteiger partial charge in [-0.25, -0.2) is 13.2 Å². The number of hydrogen-bond acceptors (Lipinski definition) is 4. The van der Waals surface area contributed by atoms with E-state index >= 15 is 0 Å². The van der Waals surface area contributed by atoms with E-state index in [0.717, 1.165) is 25.0 Å². The minimum atomic E-state index is -3.82. The van der Waals surface area contributed by atoms with Gasteiger partial charge in [-0.1, -0.05) is 6.08 Å². The molecule has 0 bridgehead atoms. The molecule has 0 spiro atoms. The first-order chi connectivity index (χ1) is 9.78. The van der Waals surface area contributed by atoms with Crippen molar-refractivity contribution in [3.63, 3.8) is 0 Å². The maximum Gasteiger partial charge on any atom is 0.339 e. The summed E-state index contributed by atoms with van der Waals surface area (Å²) in [5.41, 5.74) is -0.110. The van der Waals surface area contributed by atoms with E-state index in [1.54, 1.807) is 0 Å². The van der Waals surface area contributed by atoms with E-state index in [0.29, 0.717) is 5.56 Å². The molecule has 2 rings (SSSR count). The lowest BCUT2D eigenvalue weighted by molar-refractivity contribution is 0.0693. The van der Waals surface area contributed by atoms with Crippen molar-refractivity contribution in [3.05, 3.63) is 35.9 Å². The highest BCUT2D eigenvalue weighted by Crippen LogP contribution is 2.34. The molecule has 1 aromatic carbocycles. The molecule has 1 saturated carbocycles. The third-order valence-corrected chi connectivity index (χ3v) is 5.43. The second-order valence-electron chi connectivity index (χ2n) is 5.03. The fraction of sp³-hybridized carbons (Fsp3) is 0.357. The third-order valence-electron chi connectivity index (χ3n) is 3.37. The number of phenols is 1. The summed E-state index contributed by atoms with van der Waals surface area (Å²) in [5.74, 6) is -1.81. The van der Waals surface area contributed by atoms with Gasteiger partial charge in [0, 0.05) is 12.6 Å². The zero-order valence-corrected chi connectivity index (χ0v) is 12.4. The summed E-state index contributed by atoms with van der Waals surface area (Å²) in [6.45, 7) is 5.26. The average Bonchev–Trinajstić information content (AvgIpc) is 3.18. The second-order valence-corrected chi connectivity index (χ2v) is 6.89. The van der Waals surface area contributed by atoms with Crippen LogP contribution in [0.15, 0.2) is 29.7 Å². The number of aryl methyl sites for hydroxylation is 1. The molecule has 0 heterocycles. The molecule has 1 fully saturated rings. The molecule has 21 heavy (non-hydrogen) atoms. The fourth-order valence-electron chi connectivity index (χ4n) is 2.18. The summed E-state index contributed by atoms with van der Waals surface area (Å²) in [6, 6.07) is 2.12. The van der Waals surface area contributed by atoms with Crippen molar-refractivity contribution in [2.75, 3.05) is 6.54 Å². The van der Waals surface area contributed by atoms with Crippen molar-refractivity contribution in [2.45, 2.75) is 30.7 Å². The fourth-order valence-corrected chi connectivity index (χ4v) is 4.07. The van der Waals surface area contributed by atoms with Gasteiger partial charge in [0.1, 0.15) is 11.3 Å². The summed E-state index contributed by atoms with van der Waals surface area (Å²) in [6.07, 6.45) is 3.08. The van der Waals surface area contributed by atoms with Crippen LogP contribution in [0, 0.1) is 6.92 Å². The highest BCUT2D eigenvalue weighted by Gasteiger charge is 2.38. The third kappa shape index (κ3) is 2.93. The standard InChI is InChI=1S/C14H17NO5S/c1-3-6-15(10-4-5-10)21(19,20)13-8-11(14(17)18)12(16)7-9(13)2/h3,7-8,10,16H,1,4-6H2,2H3,(H,17,18). The number of carboxylic acid groups (broad SMARTS) is 1. The number of aromatic hydroxyl groups is 1. The van der Waals surface area contributed by atoms with Gasteiger partial charge in [-0.15, -0.1) is 6.58 Å². The van der Waals surface area contributed by atoms with E-state index in [9.17, 15) is 18.3 Å². The largest absolute Gasteiger partial charge is 0.507 e. The van der Waals surface area contributed by atoms with Crippen LogP contribution < -0.4 is 0 Å². The Morgan fingerprint density at radius 2 is 2.10 bits per heavy atom. The first-order valence-corrected chi connectivity index (χ1v) is 7.92. The molecule has 0 aromatic heterocycles. The maximum atomic E-state index is 12.7. The van der Waals surface area contributed by atoms with E-state index in [1.807, 2.05) is 0 Å². The summed E-state index contributed by atoms with van der Waals surface area (Å²) < 4.78 is 26.8. The normalized spacial score (nSPS) is 15.1. The van der Waals surface area contributed by atoms with Gasteiger partial charge in [-0.05, 0) is 37.5 Å². The van der Waals surface area contributed by atoms with E-state index < -0.39 is 27.3 Å². The van der Waals surface area contributed by atoms with Crippen LogP contribution in [0.5, 0.6) is 5.75 Å². The van der Waals surface area contributed by atoms with Gasteiger partial charge in [0.2, 0.25) is 10.0 Å². The topological polar surface area (TPSA) is 94.9 Å². The van der Waals surface area contributed by atoms with Crippen LogP contribution in [0.3, 0.4) is 0 Å². The van der Waals surface area contributed by atoms with E-state index in [2.05, 4.69) is 6.58 Å². The predicted molar refractivity (Wildman–Crippen MR) is 76.9 cm³/mol. The minimum Gasteiger partial charge on any atom is -0.507 e. The molecule has 0 aliphatic heterocycles. The summed E-state index contributed by atoms with van der Waals surface area (Å²) in [4.78, 5) is 11.0. The molecule has 0 radical (unpaired) electrons. The Morgan fingerprint density at radius 1 is 1.48 bits per heavy atom. The monoisotopic (exact) mass is 311 g/mol. The quantitative estimate of drug-likeness (QED) is 0.780. The van der Waals surface area contributed by atoms with E-state index in [-0.39, 0.29) is 17.5 Å². The summed E-state index contributed by atoms with van der Waals surface area (Å²) in [7, 11) is -3.82. The van der Waals surface area contributed by atoms with Crippen molar-refractivity contribution in [3.8, 4) is 5.75 Å². The van der Waals surface area contributed by atoms with Crippen LogP contribution in [0.1, 0.15) is 28.8 Å². The number of carbonyl (C=O) groups is 1. The lowest BCUT2D eigenvalue weighted by atomic mass is 10.1. The zero-order chi connectivity index (χ0) is 15.8. The Balaban J connectivity index is 2.55. The lowest BCUT2D eigenvalue weighted by Crippen LogP contribution is -2.33. The number of hydrogen-bond donors (Lipinski definition) is 2. The average molecular weight is 311 g/mol. The molecular weight excluding hydrogens is 294 g/mol. The molecule has 0 saturated heterocycles. The highest BCUT2D eigenvalue weighted by atomic mass is 32.2. The molecule has 7 heteroatoms. The first kappa shape index (κ1) is 15.5. The predicted octanol–water partition coefficient (Wildman–Crippen LogP) is 1.74.